The van der Waals surface area contributed by atoms with Crippen LogP contribution >= 0.6 is 0 Å². The summed E-state index contributed by atoms with van der Waals surface area (Å²) in [7, 11) is 7.26. The highest BCUT2D eigenvalue weighted by Crippen LogP contribution is 1.84. The van der Waals surface area contributed by atoms with Gasteiger partial charge in [0.05, 0.1) is 7.05 Å². The summed E-state index contributed by atoms with van der Waals surface area (Å²) in [5, 5.41) is 10.7. The molecule has 0 aromatic heterocycles. The van der Waals surface area contributed by atoms with Crippen molar-refractivity contribution < 1.29 is 0 Å². The van der Waals surface area contributed by atoms with E-state index < -0.39 is 0 Å². The Morgan fingerprint density at radius 1 is 1.12 bits per heavy atom. The van der Waals surface area contributed by atoms with E-state index in [1.807, 2.05) is 26.2 Å². The van der Waals surface area contributed by atoms with Gasteiger partial charge in [-0.2, -0.15) is 5.11 Å². The summed E-state index contributed by atoms with van der Waals surface area (Å²) in [5.41, 5.74) is 0. The van der Waals surface area contributed by atoms with Gasteiger partial charge >= 0.3 is 0 Å². The van der Waals surface area contributed by atoms with Crippen LogP contribution in [0.15, 0.2) is 10.3 Å². The molecule has 0 aromatic carbocycles. The van der Waals surface area contributed by atoms with Crippen molar-refractivity contribution in [1.29, 1.82) is 0 Å². The molecule has 0 aliphatic carbocycles. The molecule has 0 N–H and O–H groups in total. The van der Waals surface area contributed by atoms with Gasteiger partial charge in [-0.3, -0.25) is 0 Å². The monoisotopic (exact) mass is 116 g/mol. The van der Waals surface area contributed by atoms with Gasteiger partial charge in [-0.15, -0.1) is 0 Å². The van der Waals surface area contributed by atoms with Crippen LogP contribution in [0.3, 0.4) is 0 Å². The minimum Gasteiger partial charge on any atom is -0.212 e. The van der Waals surface area contributed by atoms with E-state index in [9.17, 15) is 0 Å². The first kappa shape index (κ1) is 7.36. The molecule has 0 atom stereocenters. The second-order valence-corrected chi connectivity index (χ2v) is 1.63. The van der Waals surface area contributed by atoms with Crippen molar-refractivity contribution >= 4 is 0 Å². The third kappa shape index (κ3) is 2.52. The molecule has 0 aliphatic heterocycles. The third-order valence-corrected chi connectivity index (χ3v) is 0.798. The fraction of sp³-hybridized carbons (Fsp3) is 1.00. The fourth-order valence-electron chi connectivity index (χ4n) is 0.209. The Morgan fingerprint density at radius 3 is 1.75 bits per heavy atom. The van der Waals surface area contributed by atoms with Crippen LogP contribution in [0, 0.1) is 0 Å². The van der Waals surface area contributed by atoms with Crippen LogP contribution in [0.5, 0.6) is 0 Å². The van der Waals surface area contributed by atoms with Gasteiger partial charge < -0.3 is 0 Å². The molecule has 8 heavy (non-hydrogen) atoms. The Morgan fingerprint density at radius 2 is 1.62 bits per heavy atom. The number of hydrogen-bond donors (Lipinski definition) is 0. The standard InChI is InChI=1S/C4H12N4/c1-5-6-8(4)7(2)3/h1-4H3. The molecule has 0 heterocycles. The molecule has 0 spiro atoms. The van der Waals surface area contributed by atoms with Crippen molar-refractivity contribution in [2.45, 2.75) is 0 Å². The minimum atomic E-state index is 1.64. The normalized spacial score (nSPS) is 11.1. The molecule has 4 heteroatoms. The van der Waals surface area contributed by atoms with E-state index in [1.54, 1.807) is 12.2 Å². The smallest absolute Gasteiger partial charge is 0.0509 e. The maximum absolute atomic E-state index is 3.71. The SMILES string of the molecule is CN=NN(C)N(C)C. The molecular weight excluding hydrogens is 104 g/mol. The van der Waals surface area contributed by atoms with Crippen molar-refractivity contribution in [3.8, 4) is 0 Å². The molecule has 0 saturated heterocycles. The lowest BCUT2D eigenvalue weighted by Gasteiger charge is -2.17. The summed E-state index contributed by atoms with van der Waals surface area (Å²) in [6, 6.07) is 0. The Bertz CT molecular complexity index is 78.1. The largest absolute Gasteiger partial charge is 0.212 e. The van der Waals surface area contributed by atoms with Crippen molar-refractivity contribution in [3.63, 3.8) is 0 Å². The van der Waals surface area contributed by atoms with Gasteiger partial charge in [0.15, 0.2) is 0 Å². The van der Waals surface area contributed by atoms with Gasteiger partial charge in [-0.05, 0) is 0 Å². The first-order chi connectivity index (χ1) is 3.68. The molecule has 0 bridgehead atoms. The fourth-order valence-corrected chi connectivity index (χ4v) is 0.209. The van der Waals surface area contributed by atoms with Gasteiger partial charge in [0.1, 0.15) is 0 Å². The zero-order valence-corrected chi connectivity index (χ0v) is 5.79. The molecule has 48 valence electrons. The van der Waals surface area contributed by atoms with E-state index in [1.165, 1.54) is 0 Å². The highest BCUT2D eigenvalue weighted by Gasteiger charge is 1.90. The van der Waals surface area contributed by atoms with Crippen LogP contribution in [-0.2, 0) is 0 Å². The van der Waals surface area contributed by atoms with Gasteiger partial charge in [0.25, 0.3) is 0 Å². The number of hydrazine groups is 1. The number of rotatable bonds is 2. The zero-order valence-electron chi connectivity index (χ0n) is 5.79. The van der Waals surface area contributed by atoms with Crippen LogP contribution in [0.25, 0.3) is 0 Å². The molecule has 4 nitrogen and oxygen atoms in total. The predicted octanol–water partition coefficient (Wildman–Crippen LogP) is 0.392. The van der Waals surface area contributed by atoms with Crippen LogP contribution in [0.4, 0.5) is 0 Å². The van der Waals surface area contributed by atoms with Gasteiger partial charge in [0, 0.05) is 21.1 Å². The van der Waals surface area contributed by atoms with Crippen LogP contribution in [-0.4, -0.2) is 38.3 Å². The molecule has 0 saturated carbocycles. The molecule has 0 radical (unpaired) electrons. The van der Waals surface area contributed by atoms with E-state index in [0.29, 0.717) is 0 Å². The van der Waals surface area contributed by atoms with Crippen molar-refractivity contribution in [1.82, 2.24) is 10.1 Å². The predicted molar refractivity (Wildman–Crippen MR) is 32.2 cm³/mol. The minimum absolute atomic E-state index is 1.64. The molecule has 0 fully saturated rings. The molecule has 0 unspecified atom stereocenters. The van der Waals surface area contributed by atoms with E-state index in [4.69, 9.17) is 0 Å². The highest BCUT2D eigenvalue weighted by molar-refractivity contribution is 4.23. The Kier molecular flexibility index (Phi) is 3.10. The first-order valence-electron chi connectivity index (χ1n) is 2.39. The van der Waals surface area contributed by atoms with E-state index in [-0.39, 0.29) is 0 Å². The summed E-state index contributed by atoms with van der Waals surface area (Å²) in [5.74, 6) is 0. The maximum Gasteiger partial charge on any atom is 0.0509 e. The zero-order chi connectivity index (χ0) is 6.57. The molecule has 0 amide bonds. The van der Waals surface area contributed by atoms with Crippen molar-refractivity contribution in [2.24, 2.45) is 10.3 Å². The van der Waals surface area contributed by atoms with Crippen LogP contribution < -0.4 is 0 Å². The van der Waals surface area contributed by atoms with Gasteiger partial charge in [-0.25, -0.2) is 10.1 Å². The summed E-state index contributed by atoms with van der Waals surface area (Å²) >= 11 is 0. The van der Waals surface area contributed by atoms with Crippen molar-refractivity contribution in [3.05, 3.63) is 0 Å². The number of nitrogens with zero attached hydrogens (tertiary/aromatic N) is 4. The maximum atomic E-state index is 3.71. The van der Waals surface area contributed by atoms with Crippen LogP contribution in [0.1, 0.15) is 0 Å². The second-order valence-electron chi connectivity index (χ2n) is 1.63. The average Bonchev–Trinajstić information content (AvgIpc) is 1.67. The lowest BCUT2D eigenvalue weighted by molar-refractivity contribution is 0.0495. The first-order valence-corrected chi connectivity index (χ1v) is 2.39. The summed E-state index contributed by atoms with van der Waals surface area (Å²) in [4.78, 5) is 0. The van der Waals surface area contributed by atoms with Gasteiger partial charge in [-0.1, -0.05) is 5.22 Å². The van der Waals surface area contributed by atoms with Gasteiger partial charge in [0.2, 0.25) is 0 Å². The molecule has 0 rings (SSSR count). The topological polar surface area (TPSA) is 31.2 Å². The number of hydrogen-bond acceptors (Lipinski definition) is 3. The third-order valence-electron chi connectivity index (χ3n) is 0.798. The Labute approximate surface area is 49.7 Å². The lowest BCUT2D eigenvalue weighted by Crippen LogP contribution is -2.27. The summed E-state index contributed by atoms with van der Waals surface area (Å²) in [6.45, 7) is 0. The van der Waals surface area contributed by atoms with E-state index >= 15 is 0 Å². The molecular formula is C4H12N4. The Balaban J connectivity index is 3.47. The van der Waals surface area contributed by atoms with E-state index in [2.05, 4.69) is 10.3 Å². The van der Waals surface area contributed by atoms with Crippen molar-refractivity contribution in [2.75, 3.05) is 28.2 Å². The summed E-state index contributed by atoms with van der Waals surface area (Å²) in [6.07, 6.45) is 0. The quantitative estimate of drug-likeness (QED) is 0.386. The summed E-state index contributed by atoms with van der Waals surface area (Å²) < 4.78 is 0. The van der Waals surface area contributed by atoms with Crippen LogP contribution in [0.2, 0.25) is 0 Å². The average molecular weight is 116 g/mol. The second kappa shape index (κ2) is 3.37. The highest BCUT2D eigenvalue weighted by atomic mass is 15.8. The molecule has 0 aromatic rings. The van der Waals surface area contributed by atoms with E-state index in [0.717, 1.165) is 0 Å². The molecule has 0 aliphatic rings. The Hall–Kier alpha value is -0.640. The lowest BCUT2D eigenvalue weighted by atomic mass is 11.1.